The van der Waals surface area contributed by atoms with Gasteiger partial charge in [0.05, 0.1) is 23.7 Å². The van der Waals surface area contributed by atoms with Gasteiger partial charge in [-0.2, -0.15) is 4.98 Å². The lowest BCUT2D eigenvalue weighted by Crippen LogP contribution is -2.32. The summed E-state index contributed by atoms with van der Waals surface area (Å²) in [5, 5.41) is 0. The average Bonchev–Trinajstić information content (AvgIpc) is 2.79. The zero-order valence-electron chi connectivity index (χ0n) is 19.8. The van der Waals surface area contributed by atoms with Crippen LogP contribution in [-0.2, 0) is 17.7 Å². The maximum absolute atomic E-state index is 12.6. The summed E-state index contributed by atoms with van der Waals surface area (Å²) in [7, 11) is 0. The van der Waals surface area contributed by atoms with Gasteiger partial charge in [0.15, 0.2) is 11.5 Å². The van der Waals surface area contributed by atoms with Gasteiger partial charge in [0.2, 0.25) is 0 Å². The van der Waals surface area contributed by atoms with Crippen LogP contribution in [0.4, 0.5) is 0 Å². The van der Waals surface area contributed by atoms with Crippen LogP contribution in [0.15, 0.2) is 46.0 Å². The molecule has 172 valence electrons. The SMILES string of the molecule is CCOC(Cn1c2nc(=O)[nH]c(=O)c-2nc2cc(CC)c(C)cc21)C(C)c1ccc(C)cc1. The summed E-state index contributed by atoms with van der Waals surface area (Å²) >= 11 is 0. The van der Waals surface area contributed by atoms with Crippen molar-refractivity contribution >= 4 is 11.0 Å². The number of H-pyrrole nitrogens is 1. The number of hydrogen-bond donors (Lipinski definition) is 1. The van der Waals surface area contributed by atoms with E-state index in [1.165, 1.54) is 16.7 Å². The molecule has 2 atom stereocenters. The number of rotatable bonds is 7. The van der Waals surface area contributed by atoms with Gasteiger partial charge in [-0.25, -0.2) is 9.78 Å². The van der Waals surface area contributed by atoms with Gasteiger partial charge in [0, 0.05) is 12.5 Å². The third-order valence-corrected chi connectivity index (χ3v) is 6.35. The zero-order valence-corrected chi connectivity index (χ0v) is 19.8. The number of aromatic nitrogens is 4. The molecule has 2 aliphatic rings. The predicted octanol–water partition coefficient (Wildman–Crippen LogP) is 3.97. The number of nitrogens with one attached hydrogen (secondary N) is 1. The molecule has 0 saturated carbocycles. The summed E-state index contributed by atoms with van der Waals surface area (Å²) in [6, 6.07) is 12.5. The largest absolute Gasteiger partial charge is 0.376 e. The molecule has 0 radical (unpaired) electrons. The first-order valence-electron chi connectivity index (χ1n) is 11.4. The number of fused-ring (bicyclic) bond motifs is 2. The minimum absolute atomic E-state index is 0.0843. The van der Waals surface area contributed by atoms with Crippen LogP contribution in [0.3, 0.4) is 0 Å². The molecular weight excluding hydrogens is 416 g/mol. The predicted molar refractivity (Wildman–Crippen MR) is 130 cm³/mol. The van der Waals surface area contributed by atoms with E-state index in [0.717, 1.165) is 17.5 Å². The number of aromatic amines is 1. The first-order valence-corrected chi connectivity index (χ1v) is 11.4. The van der Waals surface area contributed by atoms with Gasteiger partial charge in [-0.15, -0.1) is 0 Å². The lowest BCUT2D eigenvalue weighted by molar-refractivity contribution is 0.0353. The Morgan fingerprint density at radius 3 is 2.45 bits per heavy atom. The molecule has 2 aromatic carbocycles. The highest BCUT2D eigenvalue weighted by atomic mass is 16.5. The van der Waals surface area contributed by atoms with Crippen molar-refractivity contribution in [2.24, 2.45) is 0 Å². The Morgan fingerprint density at radius 2 is 1.79 bits per heavy atom. The standard InChI is InChI=1S/C26H30N4O3/c1-6-18-13-20-21(12-16(18)4)30(24-23(27-20)25(31)29-26(32)28-24)14-22(33-7-2)17(5)19-10-8-15(3)9-11-19/h8-13,17,22H,6-7,14H2,1-5H3,(H,29,31,32). The Hall–Kier alpha value is -3.32. The first kappa shape index (κ1) is 22.9. The van der Waals surface area contributed by atoms with Gasteiger partial charge in [0.1, 0.15) is 0 Å². The fraction of sp³-hybridized carbons (Fsp3) is 0.385. The normalized spacial score (nSPS) is 13.5. The van der Waals surface area contributed by atoms with Gasteiger partial charge in [-0.3, -0.25) is 9.78 Å². The highest BCUT2D eigenvalue weighted by molar-refractivity contribution is 5.81. The number of nitrogens with zero attached hydrogens (tertiary/aromatic N) is 3. The average molecular weight is 447 g/mol. The van der Waals surface area contributed by atoms with E-state index in [1.54, 1.807) is 0 Å². The molecular formula is C26H30N4O3. The minimum Gasteiger partial charge on any atom is -0.376 e. The van der Waals surface area contributed by atoms with E-state index in [1.807, 2.05) is 17.6 Å². The highest BCUT2D eigenvalue weighted by Gasteiger charge is 2.25. The van der Waals surface area contributed by atoms with Crippen molar-refractivity contribution in [2.75, 3.05) is 6.61 Å². The minimum atomic E-state index is -0.677. The first-order chi connectivity index (χ1) is 15.8. The van der Waals surface area contributed by atoms with Crippen molar-refractivity contribution in [1.82, 2.24) is 19.5 Å². The highest BCUT2D eigenvalue weighted by Crippen LogP contribution is 2.28. The van der Waals surface area contributed by atoms with Crippen molar-refractivity contribution in [3.8, 4) is 11.5 Å². The number of benzene rings is 2. The molecule has 7 nitrogen and oxygen atoms in total. The maximum Gasteiger partial charge on any atom is 0.349 e. The Kier molecular flexibility index (Phi) is 6.42. The van der Waals surface area contributed by atoms with E-state index in [4.69, 9.17) is 4.74 Å². The Labute approximate surface area is 192 Å². The van der Waals surface area contributed by atoms with Crippen LogP contribution < -0.4 is 11.2 Å². The van der Waals surface area contributed by atoms with Gasteiger partial charge >= 0.3 is 5.69 Å². The molecule has 0 aliphatic carbocycles. The van der Waals surface area contributed by atoms with E-state index in [9.17, 15) is 9.59 Å². The third kappa shape index (κ3) is 4.46. The monoisotopic (exact) mass is 446 g/mol. The fourth-order valence-corrected chi connectivity index (χ4v) is 4.39. The summed E-state index contributed by atoms with van der Waals surface area (Å²) in [5.41, 5.74) is 5.15. The molecule has 1 N–H and O–H groups in total. The van der Waals surface area contributed by atoms with E-state index in [2.05, 4.69) is 73.0 Å². The Balaban J connectivity index is 1.92. The summed E-state index contributed by atoms with van der Waals surface area (Å²) in [5.74, 6) is 0.363. The lowest BCUT2D eigenvalue weighted by Gasteiger charge is -2.28. The molecule has 4 rings (SSSR count). The van der Waals surface area contributed by atoms with Crippen molar-refractivity contribution < 1.29 is 4.74 Å². The molecule has 7 heteroatoms. The number of ether oxygens (including phenoxy) is 1. The molecule has 0 aromatic heterocycles. The van der Waals surface area contributed by atoms with Crippen molar-refractivity contribution in [1.29, 1.82) is 0 Å². The number of aryl methyl sites for hydroxylation is 3. The quantitative estimate of drug-likeness (QED) is 0.434. The van der Waals surface area contributed by atoms with E-state index in [0.29, 0.717) is 18.7 Å². The van der Waals surface area contributed by atoms with Crippen LogP contribution >= 0.6 is 0 Å². The second kappa shape index (κ2) is 9.27. The molecule has 0 amide bonds. The second-order valence-corrected chi connectivity index (χ2v) is 8.58. The second-order valence-electron chi connectivity index (χ2n) is 8.58. The molecule has 0 spiro atoms. The van der Waals surface area contributed by atoms with E-state index in [-0.39, 0.29) is 23.5 Å². The molecule has 0 saturated heterocycles. The van der Waals surface area contributed by atoms with Crippen LogP contribution in [-0.4, -0.2) is 32.2 Å². The van der Waals surface area contributed by atoms with Gasteiger partial charge in [-0.05, 0) is 56.0 Å². The summed E-state index contributed by atoms with van der Waals surface area (Å²) in [6.45, 7) is 11.3. The Bertz CT molecular complexity index is 1370. The molecule has 2 heterocycles. The summed E-state index contributed by atoms with van der Waals surface area (Å²) in [6.07, 6.45) is 0.667. The smallest absolute Gasteiger partial charge is 0.349 e. The molecule has 0 fully saturated rings. The Morgan fingerprint density at radius 1 is 1.06 bits per heavy atom. The summed E-state index contributed by atoms with van der Waals surface area (Å²) < 4.78 is 8.12. The van der Waals surface area contributed by atoms with Crippen LogP contribution in [0.25, 0.3) is 22.6 Å². The fourth-order valence-electron chi connectivity index (χ4n) is 4.39. The van der Waals surface area contributed by atoms with Crippen LogP contribution in [0.2, 0.25) is 0 Å². The van der Waals surface area contributed by atoms with E-state index >= 15 is 0 Å². The topological polar surface area (TPSA) is 89.9 Å². The van der Waals surface area contributed by atoms with Crippen LogP contribution in [0.5, 0.6) is 0 Å². The molecule has 33 heavy (non-hydrogen) atoms. The van der Waals surface area contributed by atoms with Crippen molar-refractivity contribution in [3.05, 3.63) is 79.5 Å². The van der Waals surface area contributed by atoms with Gasteiger partial charge in [0.25, 0.3) is 5.56 Å². The molecule has 2 unspecified atom stereocenters. The maximum atomic E-state index is 12.6. The van der Waals surface area contributed by atoms with Gasteiger partial charge < -0.3 is 9.30 Å². The molecule has 2 aliphatic heterocycles. The molecule has 2 aromatic rings. The van der Waals surface area contributed by atoms with Crippen LogP contribution in [0.1, 0.15) is 48.9 Å². The van der Waals surface area contributed by atoms with Crippen LogP contribution in [0, 0.1) is 13.8 Å². The number of hydrogen-bond acceptors (Lipinski definition) is 5. The third-order valence-electron chi connectivity index (χ3n) is 6.35. The van der Waals surface area contributed by atoms with Crippen molar-refractivity contribution in [3.63, 3.8) is 0 Å². The van der Waals surface area contributed by atoms with Crippen molar-refractivity contribution in [2.45, 2.75) is 59.6 Å². The van der Waals surface area contributed by atoms with E-state index < -0.39 is 11.2 Å². The van der Waals surface area contributed by atoms with Gasteiger partial charge in [-0.1, -0.05) is 43.7 Å². The summed E-state index contributed by atoms with van der Waals surface area (Å²) in [4.78, 5) is 35.7. The molecule has 0 bridgehead atoms. The zero-order chi connectivity index (χ0) is 23.7. The lowest BCUT2D eigenvalue weighted by atomic mass is 9.94.